The van der Waals surface area contributed by atoms with Crippen LogP contribution < -0.4 is 33.2 Å². The number of carbonyl (C=O) groups excluding carboxylic acids is 3. The van der Waals surface area contributed by atoms with E-state index >= 15 is 0 Å². The summed E-state index contributed by atoms with van der Waals surface area (Å²) in [6.07, 6.45) is 0. The first-order valence-electron chi connectivity index (χ1n) is 13.2. The van der Waals surface area contributed by atoms with E-state index in [2.05, 4.69) is 30.5 Å². The van der Waals surface area contributed by atoms with Crippen molar-refractivity contribution in [3.63, 3.8) is 0 Å². The molecule has 11 N–H and O–H groups in total. The molecule has 2 atom stereocenters. The Kier molecular flexibility index (Phi) is 9.70. The number of nitrogens with one attached hydrogen (secondary N) is 3. The molecule has 1 aromatic heterocycles. The van der Waals surface area contributed by atoms with Crippen molar-refractivity contribution in [2.75, 3.05) is 44.7 Å². The lowest BCUT2D eigenvalue weighted by molar-refractivity contribution is -0.161. The standard InChI is InChI=1S/C23H32N12O8S2/c1-23(2,20(40)41)43-31-11(15-30-21(26)45-32-15)16(36)29-12-17(37)35-13(19(38)39)9(8-44-18(12)35)6-34-7-10(14(25)33(34)3)28-22(42)27-5-4-24/h12,18H,4-8,24-25H2,1-3H3,(H,29,36)(H,38,39)(H,40,41)(H2,26,30,32)(H2,27,28,42)/t12-,18-/m1/s1. The van der Waals surface area contributed by atoms with E-state index in [-0.39, 0.29) is 54.4 Å². The number of carboxylic acid groups (broad SMARTS) is 2. The molecule has 0 unspecified atom stereocenters. The summed E-state index contributed by atoms with van der Waals surface area (Å²) < 4.78 is 3.92. The number of carboxylic acids is 2. The van der Waals surface area contributed by atoms with Crippen LogP contribution in [-0.2, 0) is 24.0 Å². The molecule has 0 bridgehead atoms. The highest BCUT2D eigenvalue weighted by Crippen LogP contribution is 2.41. The highest BCUT2D eigenvalue weighted by molar-refractivity contribution is 8.00. The van der Waals surface area contributed by atoms with Crippen molar-refractivity contribution in [2.24, 2.45) is 16.6 Å². The van der Waals surface area contributed by atoms with E-state index in [0.717, 1.165) is 16.4 Å². The normalized spacial score (nSPS) is 20.5. The molecule has 3 aliphatic heterocycles. The lowest BCUT2D eigenvalue weighted by Crippen LogP contribution is -2.71. The number of amides is 4. The molecule has 1 aromatic rings. The van der Waals surface area contributed by atoms with Crippen LogP contribution in [0.5, 0.6) is 0 Å². The maximum absolute atomic E-state index is 13.3. The summed E-state index contributed by atoms with van der Waals surface area (Å²) in [6.45, 7) is 3.17. The van der Waals surface area contributed by atoms with E-state index in [1.807, 2.05) is 0 Å². The van der Waals surface area contributed by atoms with E-state index in [9.17, 15) is 34.2 Å². The van der Waals surface area contributed by atoms with E-state index < -0.39 is 52.5 Å². The van der Waals surface area contributed by atoms with Gasteiger partial charge in [-0.3, -0.25) is 19.5 Å². The second-order valence-electron chi connectivity index (χ2n) is 10.3. The monoisotopic (exact) mass is 668 g/mol. The molecule has 3 aliphatic rings. The van der Waals surface area contributed by atoms with E-state index in [4.69, 9.17) is 22.0 Å². The van der Waals surface area contributed by atoms with Crippen molar-refractivity contribution >= 4 is 63.9 Å². The predicted octanol–water partition coefficient (Wildman–Crippen LogP) is -3.01. The van der Waals surface area contributed by atoms with Crippen LogP contribution in [0, 0.1) is 0 Å². The number of nitrogens with zero attached hydrogens (tertiary/aromatic N) is 6. The first-order valence-corrected chi connectivity index (χ1v) is 15.0. The number of thioether (sulfide) groups is 1. The van der Waals surface area contributed by atoms with Gasteiger partial charge in [0.05, 0.1) is 12.2 Å². The van der Waals surface area contributed by atoms with E-state index in [0.29, 0.717) is 11.3 Å². The number of carbonyl (C=O) groups is 5. The van der Waals surface area contributed by atoms with Crippen LogP contribution in [0.4, 0.5) is 9.93 Å². The molecule has 4 amide bonds. The number of urea groups is 1. The molecular formula is C23H32N12O8S2. The fourth-order valence-corrected chi connectivity index (χ4v) is 6.07. The average molecular weight is 669 g/mol. The lowest BCUT2D eigenvalue weighted by Gasteiger charge is -2.49. The van der Waals surface area contributed by atoms with Gasteiger partial charge in [0.15, 0.2) is 5.13 Å². The maximum atomic E-state index is 13.3. The van der Waals surface area contributed by atoms with Crippen molar-refractivity contribution in [2.45, 2.75) is 30.9 Å². The Morgan fingerprint density at radius 1 is 1.22 bits per heavy atom. The summed E-state index contributed by atoms with van der Waals surface area (Å²) in [4.78, 5) is 72.5. The number of oxime groups is 1. The van der Waals surface area contributed by atoms with Gasteiger partial charge in [0.1, 0.15) is 22.9 Å². The molecule has 1 fully saturated rings. The number of anilines is 1. The molecule has 0 radical (unpaired) electrons. The van der Waals surface area contributed by atoms with Crippen molar-refractivity contribution < 1.29 is 39.0 Å². The van der Waals surface area contributed by atoms with Crippen LogP contribution in [-0.4, -0.2) is 126 Å². The SMILES string of the molecule is CN1C(N)=C(NC(=O)NCCN)CN1CC1=C(C(=O)O)N2C(=O)[C@@H](NC(=O)C(=NOC(C)(C)C(=O)O)c3nsc(N)n3)[C@H]2SC1. The Bertz CT molecular complexity index is 1510. The van der Waals surface area contributed by atoms with Crippen LogP contribution in [0.3, 0.4) is 0 Å². The summed E-state index contributed by atoms with van der Waals surface area (Å²) in [5, 5.41) is 33.3. The van der Waals surface area contributed by atoms with Crippen molar-refractivity contribution in [3.8, 4) is 0 Å². The molecule has 244 valence electrons. The van der Waals surface area contributed by atoms with Gasteiger partial charge in [0.2, 0.25) is 17.1 Å². The number of nitrogens with two attached hydrogens (primary N) is 3. The van der Waals surface area contributed by atoms with Crippen LogP contribution in [0.15, 0.2) is 27.9 Å². The van der Waals surface area contributed by atoms with Crippen molar-refractivity contribution in [1.82, 2.24) is 40.2 Å². The lowest BCUT2D eigenvalue weighted by atomic mass is 10.0. The van der Waals surface area contributed by atoms with Gasteiger partial charge in [-0.15, -0.1) is 11.8 Å². The zero-order chi connectivity index (χ0) is 33.2. The van der Waals surface area contributed by atoms with Crippen LogP contribution in [0.2, 0.25) is 0 Å². The number of aromatic nitrogens is 2. The van der Waals surface area contributed by atoms with Gasteiger partial charge in [-0.25, -0.2) is 19.4 Å². The molecule has 4 rings (SSSR count). The second-order valence-corrected chi connectivity index (χ2v) is 12.2. The molecule has 0 saturated carbocycles. The largest absolute Gasteiger partial charge is 0.478 e. The number of nitrogen functional groups attached to an aromatic ring is 1. The van der Waals surface area contributed by atoms with Gasteiger partial charge in [-0.1, -0.05) is 5.16 Å². The molecule has 20 nitrogen and oxygen atoms in total. The first-order chi connectivity index (χ1) is 21.2. The topological polar surface area (TPSA) is 297 Å². The number of aliphatic carboxylic acids is 2. The second kappa shape index (κ2) is 13.1. The molecule has 0 aliphatic carbocycles. The zero-order valence-electron chi connectivity index (χ0n) is 24.3. The minimum Gasteiger partial charge on any atom is -0.478 e. The summed E-state index contributed by atoms with van der Waals surface area (Å²) in [7, 11) is 1.65. The molecule has 4 heterocycles. The zero-order valence-corrected chi connectivity index (χ0v) is 25.9. The average Bonchev–Trinajstić information content (AvgIpc) is 3.52. The smallest absolute Gasteiger partial charge is 0.352 e. The van der Waals surface area contributed by atoms with Crippen LogP contribution in [0.1, 0.15) is 19.7 Å². The molecule has 45 heavy (non-hydrogen) atoms. The first kappa shape index (κ1) is 33.2. The molecular weight excluding hydrogens is 636 g/mol. The number of fused-ring (bicyclic) bond motifs is 1. The molecule has 1 saturated heterocycles. The highest BCUT2D eigenvalue weighted by Gasteiger charge is 2.54. The Balaban J connectivity index is 1.49. The third-order valence-corrected chi connectivity index (χ3v) is 8.66. The highest BCUT2D eigenvalue weighted by atomic mass is 32.2. The Morgan fingerprint density at radius 3 is 2.53 bits per heavy atom. The van der Waals surface area contributed by atoms with Crippen molar-refractivity contribution in [3.05, 3.63) is 28.6 Å². The third kappa shape index (κ3) is 6.87. The quantitative estimate of drug-likeness (QED) is 0.0625. The number of hydrogen-bond donors (Lipinski definition) is 8. The number of rotatable bonds is 12. The van der Waals surface area contributed by atoms with Gasteiger partial charge >= 0.3 is 18.0 Å². The minimum absolute atomic E-state index is 0.00106. The van der Waals surface area contributed by atoms with Gasteiger partial charge in [-0.05, 0) is 19.4 Å². The summed E-state index contributed by atoms with van der Waals surface area (Å²) in [5.41, 5.74) is 15.4. The third-order valence-electron chi connectivity index (χ3n) is 6.78. The van der Waals surface area contributed by atoms with Crippen LogP contribution in [0.25, 0.3) is 0 Å². The molecule has 0 aromatic carbocycles. The molecule has 22 heteroatoms. The van der Waals surface area contributed by atoms with Gasteiger partial charge in [0, 0.05) is 44.0 Å². The van der Waals surface area contributed by atoms with Crippen LogP contribution >= 0.6 is 23.3 Å². The van der Waals surface area contributed by atoms with Gasteiger partial charge < -0.3 is 48.2 Å². The maximum Gasteiger partial charge on any atom is 0.352 e. The van der Waals surface area contributed by atoms with E-state index in [1.54, 1.807) is 17.1 Å². The fraction of sp³-hybridized carbons (Fsp3) is 0.478. The minimum atomic E-state index is -1.82. The number of hydrogen-bond acceptors (Lipinski definition) is 16. The number of β-lactam (4-membered cyclic amide) rings is 1. The van der Waals surface area contributed by atoms with Crippen molar-refractivity contribution in [1.29, 1.82) is 0 Å². The summed E-state index contributed by atoms with van der Waals surface area (Å²) in [5.74, 6) is -4.17. The van der Waals surface area contributed by atoms with E-state index in [1.165, 1.54) is 25.6 Å². The Morgan fingerprint density at radius 2 is 1.93 bits per heavy atom. The fourth-order valence-electron chi connectivity index (χ4n) is 4.30. The predicted molar refractivity (Wildman–Crippen MR) is 159 cm³/mol. The summed E-state index contributed by atoms with van der Waals surface area (Å²) >= 11 is 1.98. The van der Waals surface area contributed by atoms with Gasteiger partial charge in [-0.2, -0.15) is 9.36 Å². The summed E-state index contributed by atoms with van der Waals surface area (Å²) in [6, 6.07) is -1.64. The van der Waals surface area contributed by atoms with Gasteiger partial charge in [0.25, 0.3) is 11.8 Å². The molecule has 0 spiro atoms. The Hall–Kier alpha value is -4.67. The Labute approximate surface area is 263 Å². The number of hydrazine groups is 1.